The summed E-state index contributed by atoms with van der Waals surface area (Å²) in [6.07, 6.45) is 0.993. The zero-order chi connectivity index (χ0) is 22.9. The highest BCUT2D eigenvalue weighted by Gasteiger charge is 2.36. The van der Waals surface area contributed by atoms with Crippen LogP contribution in [0.15, 0.2) is 35.2 Å². The fourth-order valence-corrected chi connectivity index (χ4v) is 4.78. The summed E-state index contributed by atoms with van der Waals surface area (Å²) in [5, 5.41) is 18.5. The normalized spacial score (nSPS) is 16.8. The average molecular weight is 438 g/mol. The lowest BCUT2D eigenvalue weighted by atomic mass is 9.79. The van der Waals surface area contributed by atoms with E-state index in [4.69, 9.17) is 0 Å². The molecule has 1 heterocycles. The lowest BCUT2D eigenvalue weighted by molar-refractivity contribution is 0.0696. The minimum Gasteiger partial charge on any atom is -0.478 e. The molecule has 1 unspecified atom stereocenters. The Kier molecular flexibility index (Phi) is 6.38. The summed E-state index contributed by atoms with van der Waals surface area (Å²) in [6, 6.07) is 11.9. The first-order chi connectivity index (χ1) is 14.5. The number of fused-ring (bicyclic) bond motifs is 1. The van der Waals surface area contributed by atoms with Crippen LogP contribution in [0.2, 0.25) is 0 Å². The van der Waals surface area contributed by atoms with Gasteiger partial charge in [-0.3, -0.25) is 4.90 Å². The summed E-state index contributed by atoms with van der Waals surface area (Å²) < 4.78 is 0. The van der Waals surface area contributed by atoms with E-state index >= 15 is 0 Å². The van der Waals surface area contributed by atoms with Crippen LogP contribution in [0.3, 0.4) is 0 Å². The molecule has 162 valence electrons. The number of carboxylic acid groups (broad SMARTS) is 2. The van der Waals surface area contributed by atoms with E-state index in [1.807, 2.05) is 0 Å². The Morgan fingerprint density at radius 1 is 1.06 bits per heavy atom. The van der Waals surface area contributed by atoms with Gasteiger partial charge in [-0.15, -0.1) is 11.8 Å². The van der Waals surface area contributed by atoms with E-state index in [0.717, 1.165) is 12.1 Å². The third kappa shape index (κ3) is 4.88. The Morgan fingerprint density at radius 2 is 1.65 bits per heavy atom. The van der Waals surface area contributed by atoms with Crippen LogP contribution in [0.5, 0.6) is 0 Å². The van der Waals surface area contributed by atoms with Crippen molar-refractivity contribution < 1.29 is 19.8 Å². The summed E-state index contributed by atoms with van der Waals surface area (Å²) in [4.78, 5) is 25.3. The molecule has 2 aromatic rings. The fraction of sp³-hybridized carbons (Fsp3) is 0.360. The smallest absolute Gasteiger partial charge is 0.335 e. The molecule has 5 nitrogen and oxygen atoms in total. The summed E-state index contributed by atoms with van der Waals surface area (Å²) in [7, 11) is 0. The van der Waals surface area contributed by atoms with Gasteiger partial charge in [0.2, 0.25) is 0 Å². The minimum atomic E-state index is -1.15. The maximum absolute atomic E-state index is 11.3. The molecular weight excluding hydrogens is 410 g/mol. The molecule has 0 radical (unpaired) electrons. The second-order valence-electron chi connectivity index (χ2n) is 8.68. The first kappa shape index (κ1) is 22.8. The summed E-state index contributed by atoms with van der Waals surface area (Å²) >= 11 is 1.33. The van der Waals surface area contributed by atoms with Gasteiger partial charge in [-0.05, 0) is 81.0 Å². The zero-order valence-electron chi connectivity index (χ0n) is 18.4. The van der Waals surface area contributed by atoms with Gasteiger partial charge >= 0.3 is 11.9 Å². The van der Waals surface area contributed by atoms with Gasteiger partial charge in [0.05, 0.1) is 22.6 Å². The first-order valence-electron chi connectivity index (χ1n) is 10.1. The second kappa shape index (κ2) is 8.68. The maximum Gasteiger partial charge on any atom is 0.335 e. The zero-order valence-corrected chi connectivity index (χ0v) is 19.3. The van der Waals surface area contributed by atoms with Gasteiger partial charge in [-0.1, -0.05) is 18.9 Å². The van der Waals surface area contributed by atoms with Crippen LogP contribution in [-0.2, 0) is 0 Å². The van der Waals surface area contributed by atoms with Crippen molar-refractivity contribution in [2.75, 3.05) is 10.7 Å². The molecule has 0 spiro atoms. The van der Waals surface area contributed by atoms with E-state index in [9.17, 15) is 19.8 Å². The molecule has 0 aromatic heterocycles. The third-order valence-electron chi connectivity index (χ3n) is 5.73. The molecule has 0 saturated carbocycles. The van der Waals surface area contributed by atoms with Crippen molar-refractivity contribution in [3.8, 4) is 12.0 Å². The Balaban J connectivity index is 1.86. The molecule has 0 amide bonds. The number of aromatic carboxylic acids is 2. The number of benzene rings is 2. The predicted molar refractivity (Wildman–Crippen MR) is 124 cm³/mol. The second-order valence-corrected chi connectivity index (χ2v) is 9.73. The van der Waals surface area contributed by atoms with Gasteiger partial charge in [-0.25, -0.2) is 9.59 Å². The number of aryl methyl sites for hydroxylation is 2. The van der Waals surface area contributed by atoms with Gasteiger partial charge in [0.25, 0.3) is 0 Å². The summed E-state index contributed by atoms with van der Waals surface area (Å²) in [5.41, 5.74) is 4.77. The van der Waals surface area contributed by atoms with Crippen LogP contribution in [0.25, 0.3) is 0 Å². The minimum absolute atomic E-state index is 0.0405. The standard InChI is InChI=1S/C25H27NO4S/c1-15-9-21-17(3)14-25(4,5)26(22(21)10-16(15)2)7-6-8-31-20-12-18(23(27)28)11-19(13-20)24(29)30/h9-13,17H,8,14H2,1-5H3,(H,27,28)(H,29,30). The predicted octanol–water partition coefficient (Wildman–Crippen LogP) is 5.55. The molecule has 1 aliphatic heterocycles. The van der Waals surface area contributed by atoms with Gasteiger partial charge in [0.1, 0.15) is 0 Å². The Morgan fingerprint density at radius 3 is 2.23 bits per heavy atom. The van der Waals surface area contributed by atoms with Crippen molar-refractivity contribution in [2.24, 2.45) is 0 Å². The van der Waals surface area contributed by atoms with Gasteiger partial charge in [0, 0.05) is 16.5 Å². The van der Waals surface area contributed by atoms with Crippen molar-refractivity contribution in [3.05, 3.63) is 58.1 Å². The van der Waals surface area contributed by atoms with E-state index in [2.05, 4.69) is 63.6 Å². The number of carbonyl (C=O) groups is 2. The van der Waals surface area contributed by atoms with Crippen molar-refractivity contribution in [3.63, 3.8) is 0 Å². The van der Waals surface area contributed by atoms with Gasteiger partial charge in [0.15, 0.2) is 0 Å². The third-order valence-corrected chi connectivity index (χ3v) is 6.59. The molecule has 1 atom stereocenters. The van der Waals surface area contributed by atoms with Crippen LogP contribution >= 0.6 is 11.8 Å². The highest BCUT2D eigenvalue weighted by atomic mass is 32.2. The molecule has 0 saturated heterocycles. The molecule has 2 aromatic carbocycles. The van der Waals surface area contributed by atoms with Crippen LogP contribution < -0.4 is 4.90 Å². The highest BCUT2D eigenvalue weighted by molar-refractivity contribution is 7.99. The average Bonchev–Trinajstić information content (AvgIpc) is 2.68. The monoisotopic (exact) mass is 437 g/mol. The van der Waals surface area contributed by atoms with Gasteiger partial charge < -0.3 is 10.2 Å². The highest BCUT2D eigenvalue weighted by Crippen LogP contribution is 2.43. The largest absolute Gasteiger partial charge is 0.478 e. The lowest BCUT2D eigenvalue weighted by Gasteiger charge is -2.44. The molecule has 0 bridgehead atoms. The number of hydrogen-bond acceptors (Lipinski definition) is 4. The van der Waals surface area contributed by atoms with E-state index in [0.29, 0.717) is 16.6 Å². The lowest BCUT2D eigenvalue weighted by Crippen LogP contribution is -2.45. The van der Waals surface area contributed by atoms with E-state index in [1.165, 1.54) is 46.7 Å². The molecule has 6 heteroatoms. The summed E-state index contributed by atoms with van der Waals surface area (Å²) in [5.74, 6) is 1.76. The van der Waals surface area contributed by atoms with Crippen LogP contribution in [0.4, 0.5) is 5.69 Å². The van der Waals surface area contributed by atoms with Crippen molar-refractivity contribution in [1.82, 2.24) is 0 Å². The molecule has 0 aliphatic carbocycles. The quantitative estimate of drug-likeness (QED) is 0.483. The topological polar surface area (TPSA) is 77.8 Å². The van der Waals surface area contributed by atoms with Crippen molar-refractivity contribution >= 4 is 29.4 Å². The summed E-state index contributed by atoms with van der Waals surface area (Å²) in [6.45, 7) is 10.9. The van der Waals surface area contributed by atoms with E-state index < -0.39 is 11.9 Å². The fourth-order valence-electron chi connectivity index (χ4n) is 4.06. The maximum atomic E-state index is 11.3. The van der Waals surface area contributed by atoms with Crippen molar-refractivity contribution in [1.29, 1.82) is 0 Å². The van der Waals surface area contributed by atoms with Crippen LogP contribution in [-0.4, -0.2) is 33.4 Å². The number of carboxylic acids is 2. The Labute approximate surface area is 187 Å². The molecule has 2 N–H and O–H groups in total. The van der Waals surface area contributed by atoms with Crippen LogP contribution in [0.1, 0.15) is 70.5 Å². The SMILES string of the molecule is Cc1cc2c(cc1C)N(C#CCSc1cc(C(=O)O)cc(C(=O)O)c1)C(C)(C)CC2C. The molecule has 3 rings (SSSR count). The van der Waals surface area contributed by atoms with Crippen molar-refractivity contribution in [2.45, 2.75) is 57.4 Å². The molecule has 31 heavy (non-hydrogen) atoms. The van der Waals surface area contributed by atoms with Gasteiger partial charge in [-0.2, -0.15) is 0 Å². The Bertz CT molecular complexity index is 1080. The molecular formula is C25H27NO4S. The number of thioether (sulfide) groups is 1. The van der Waals surface area contributed by atoms with E-state index in [-0.39, 0.29) is 16.7 Å². The Hall–Kier alpha value is -2.91. The number of nitrogens with zero attached hydrogens (tertiary/aromatic N) is 1. The van der Waals surface area contributed by atoms with E-state index in [1.54, 1.807) is 0 Å². The number of anilines is 1. The van der Waals surface area contributed by atoms with Crippen LogP contribution in [0, 0.1) is 25.8 Å². The first-order valence-corrected chi connectivity index (χ1v) is 11.1. The number of hydrogen-bond donors (Lipinski definition) is 2. The molecule has 1 aliphatic rings. The molecule has 0 fully saturated rings. The number of rotatable bonds is 4.